The van der Waals surface area contributed by atoms with Crippen LogP contribution in [0.25, 0.3) is 0 Å². The predicted octanol–water partition coefficient (Wildman–Crippen LogP) is 3.75. The van der Waals surface area contributed by atoms with E-state index >= 15 is 0 Å². The standard InChI is InChI=1S/C28H35N5O/c29-16-20-1-3-21(4-2-20)18-33-19-30-17-25(33)12-26-27(34)32(8-6-31-26)7-5-28-13-22-9-23(14-28)11-24(10-22)15-28/h1-4,17,19,22-24,26,31H,5-15,18H2. The SMILES string of the molecule is N#Cc1ccc(Cn2cncc2CC2NCCN(CCC34CC5CC(CC(C5)C3)C4)C2=O)cc1. The maximum Gasteiger partial charge on any atom is 0.240 e. The summed E-state index contributed by atoms with van der Waals surface area (Å²) in [4.78, 5) is 19.9. The van der Waals surface area contributed by atoms with E-state index in [9.17, 15) is 4.79 Å². The van der Waals surface area contributed by atoms with Crippen molar-refractivity contribution in [2.45, 2.75) is 64.0 Å². The average Bonchev–Trinajstić information content (AvgIpc) is 3.26. The fourth-order valence-electron chi connectivity index (χ4n) is 7.89. The minimum Gasteiger partial charge on any atom is -0.340 e. The normalized spacial score (nSPS) is 32.2. The molecule has 178 valence electrons. The first-order valence-corrected chi connectivity index (χ1v) is 13.1. The summed E-state index contributed by atoms with van der Waals surface area (Å²) < 4.78 is 2.12. The third-order valence-electron chi connectivity index (χ3n) is 9.11. The van der Waals surface area contributed by atoms with Crippen molar-refractivity contribution in [1.29, 1.82) is 5.26 Å². The lowest BCUT2D eigenvalue weighted by Crippen LogP contribution is -2.57. The summed E-state index contributed by atoms with van der Waals surface area (Å²) in [5.41, 5.74) is 3.38. The molecule has 7 rings (SSSR count). The van der Waals surface area contributed by atoms with E-state index in [4.69, 9.17) is 5.26 Å². The smallest absolute Gasteiger partial charge is 0.240 e. The maximum absolute atomic E-state index is 13.4. The Labute approximate surface area is 202 Å². The van der Waals surface area contributed by atoms with Crippen LogP contribution in [0.15, 0.2) is 36.8 Å². The molecule has 1 aliphatic heterocycles. The van der Waals surface area contributed by atoms with Crippen LogP contribution >= 0.6 is 0 Å². The summed E-state index contributed by atoms with van der Waals surface area (Å²) in [7, 11) is 0. The van der Waals surface area contributed by atoms with E-state index in [1.165, 1.54) is 44.9 Å². The highest BCUT2D eigenvalue weighted by Gasteiger charge is 2.50. The molecular weight excluding hydrogens is 422 g/mol. The molecule has 1 aromatic heterocycles. The van der Waals surface area contributed by atoms with Crippen molar-refractivity contribution in [3.63, 3.8) is 0 Å². The summed E-state index contributed by atoms with van der Waals surface area (Å²) in [6, 6.07) is 9.65. The fourth-order valence-corrected chi connectivity index (χ4v) is 7.89. The van der Waals surface area contributed by atoms with Crippen molar-refractivity contribution in [1.82, 2.24) is 19.8 Å². The highest BCUT2D eigenvalue weighted by molar-refractivity contribution is 5.83. The monoisotopic (exact) mass is 457 g/mol. The van der Waals surface area contributed by atoms with Crippen LogP contribution in [0.4, 0.5) is 0 Å². The van der Waals surface area contributed by atoms with Crippen molar-refractivity contribution in [3.05, 3.63) is 53.6 Å². The number of amides is 1. The van der Waals surface area contributed by atoms with Crippen LogP contribution in [0.3, 0.4) is 0 Å². The van der Waals surface area contributed by atoms with Crippen LogP contribution in [0.1, 0.15) is 61.8 Å². The minimum absolute atomic E-state index is 0.179. The van der Waals surface area contributed by atoms with Crippen LogP contribution in [0, 0.1) is 34.5 Å². The van der Waals surface area contributed by atoms with E-state index in [-0.39, 0.29) is 11.9 Å². The second-order valence-corrected chi connectivity index (χ2v) is 11.5. The molecule has 4 aliphatic carbocycles. The number of nitrogens with one attached hydrogen (secondary N) is 1. The Morgan fingerprint density at radius 2 is 1.79 bits per heavy atom. The molecule has 0 radical (unpaired) electrons. The lowest BCUT2D eigenvalue weighted by atomic mass is 9.49. The fraction of sp³-hybridized carbons (Fsp3) is 0.607. The summed E-state index contributed by atoms with van der Waals surface area (Å²) in [5.74, 6) is 3.15. The minimum atomic E-state index is -0.179. The number of imidazole rings is 1. The van der Waals surface area contributed by atoms with Crippen molar-refractivity contribution in [2.75, 3.05) is 19.6 Å². The van der Waals surface area contributed by atoms with Crippen molar-refractivity contribution >= 4 is 5.91 Å². The summed E-state index contributed by atoms with van der Waals surface area (Å²) in [5, 5.41) is 12.5. The largest absolute Gasteiger partial charge is 0.340 e. The van der Waals surface area contributed by atoms with Gasteiger partial charge in [0.2, 0.25) is 5.91 Å². The van der Waals surface area contributed by atoms with Crippen LogP contribution < -0.4 is 5.32 Å². The first-order chi connectivity index (χ1) is 16.6. The van der Waals surface area contributed by atoms with E-state index in [0.717, 1.165) is 48.6 Å². The number of hydrogen-bond acceptors (Lipinski definition) is 4. The van der Waals surface area contributed by atoms with Gasteiger partial charge in [-0.15, -0.1) is 0 Å². The van der Waals surface area contributed by atoms with Gasteiger partial charge in [0.25, 0.3) is 0 Å². The molecule has 1 amide bonds. The van der Waals surface area contributed by atoms with Crippen LogP contribution in [-0.2, 0) is 17.8 Å². The molecule has 5 fully saturated rings. The van der Waals surface area contributed by atoms with Gasteiger partial charge in [0.1, 0.15) is 0 Å². The van der Waals surface area contributed by atoms with E-state index in [0.29, 0.717) is 23.9 Å². The summed E-state index contributed by atoms with van der Waals surface area (Å²) in [6.07, 6.45) is 14.2. The van der Waals surface area contributed by atoms with E-state index in [1.807, 2.05) is 36.8 Å². The van der Waals surface area contributed by atoms with E-state index in [1.54, 1.807) is 0 Å². The molecule has 4 bridgehead atoms. The summed E-state index contributed by atoms with van der Waals surface area (Å²) >= 11 is 0. The van der Waals surface area contributed by atoms with E-state index in [2.05, 4.69) is 25.8 Å². The van der Waals surface area contributed by atoms with Crippen molar-refractivity contribution < 1.29 is 4.79 Å². The first-order valence-electron chi connectivity index (χ1n) is 13.1. The summed E-state index contributed by atoms with van der Waals surface area (Å²) in [6.45, 7) is 3.30. The zero-order valence-electron chi connectivity index (χ0n) is 20.0. The Kier molecular flexibility index (Phi) is 5.69. The van der Waals surface area contributed by atoms with Gasteiger partial charge in [-0.3, -0.25) is 4.79 Å². The number of carbonyl (C=O) groups excluding carboxylic acids is 1. The van der Waals surface area contributed by atoms with Crippen LogP contribution in [0.5, 0.6) is 0 Å². The Morgan fingerprint density at radius 3 is 2.47 bits per heavy atom. The molecular formula is C28H35N5O. The molecule has 1 saturated heterocycles. The van der Waals surface area contributed by atoms with Gasteiger partial charge in [-0.25, -0.2) is 4.98 Å². The molecule has 5 aliphatic rings. The Balaban J connectivity index is 1.08. The molecule has 1 unspecified atom stereocenters. The number of rotatable bonds is 7. The average molecular weight is 458 g/mol. The maximum atomic E-state index is 13.4. The van der Waals surface area contributed by atoms with Gasteiger partial charge < -0.3 is 14.8 Å². The Morgan fingerprint density at radius 1 is 1.09 bits per heavy atom. The van der Waals surface area contributed by atoms with Gasteiger partial charge in [0, 0.05) is 44.5 Å². The number of carbonyl (C=O) groups is 1. The van der Waals surface area contributed by atoms with Gasteiger partial charge in [-0.2, -0.15) is 5.26 Å². The first kappa shape index (κ1) is 21.9. The number of nitriles is 1. The van der Waals surface area contributed by atoms with Gasteiger partial charge in [0.15, 0.2) is 0 Å². The third kappa shape index (κ3) is 4.27. The van der Waals surface area contributed by atoms with Crippen molar-refractivity contribution in [3.8, 4) is 6.07 Å². The molecule has 1 atom stereocenters. The molecule has 6 nitrogen and oxygen atoms in total. The van der Waals surface area contributed by atoms with Gasteiger partial charge >= 0.3 is 0 Å². The zero-order valence-corrected chi connectivity index (χ0v) is 20.0. The molecule has 0 spiro atoms. The molecule has 1 N–H and O–H groups in total. The number of nitrogens with zero attached hydrogens (tertiary/aromatic N) is 4. The highest BCUT2D eigenvalue weighted by atomic mass is 16.2. The van der Waals surface area contributed by atoms with Crippen LogP contribution in [-0.4, -0.2) is 46.0 Å². The lowest BCUT2D eigenvalue weighted by molar-refractivity contribution is -0.137. The topological polar surface area (TPSA) is 74.0 Å². The third-order valence-corrected chi connectivity index (χ3v) is 9.11. The zero-order chi connectivity index (χ0) is 23.1. The Bertz CT molecular complexity index is 1050. The predicted molar refractivity (Wildman–Crippen MR) is 130 cm³/mol. The van der Waals surface area contributed by atoms with Crippen LogP contribution in [0.2, 0.25) is 0 Å². The molecule has 2 aromatic rings. The number of benzene rings is 1. The highest BCUT2D eigenvalue weighted by Crippen LogP contribution is 2.61. The molecule has 6 heteroatoms. The van der Waals surface area contributed by atoms with Gasteiger partial charge in [-0.1, -0.05) is 12.1 Å². The quantitative estimate of drug-likeness (QED) is 0.687. The van der Waals surface area contributed by atoms with E-state index < -0.39 is 0 Å². The molecule has 1 aromatic carbocycles. The molecule has 4 saturated carbocycles. The Hall–Kier alpha value is -2.65. The van der Waals surface area contributed by atoms with Gasteiger partial charge in [-0.05, 0) is 85.8 Å². The molecule has 34 heavy (non-hydrogen) atoms. The van der Waals surface area contributed by atoms with Crippen molar-refractivity contribution in [2.24, 2.45) is 23.2 Å². The molecule has 2 heterocycles. The number of aromatic nitrogens is 2. The lowest BCUT2D eigenvalue weighted by Gasteiger charge is -2.57. The van der Waals surface area contributed by atoms with Gasteiger partial charge in [0.05, 0.1) is 24.0 Å². The number of piperazine rings is 1. The second-order valence-electron chi connectivity index (χ2n) is 11.5. The second kappa shape index (κ2) is 8.85. The number of hydrogen-bond donors (Lipinski definition) is 1.